The molecule has 0 radical (unpaired) electrons. The van der Waals surface area contributed by atoms with Crippen LogP contribution >= 0.6 is 23.5 Å². The summed E-state index contributed by atoms with van der Waals surface area (Å²) in [5, 5.41) is 3.51. The number of unbranched alkanes of at least 4 members (excludes halogenated alkanes) is 10. The fourth-order valence-electron chi connectivity index (χ4n) is 8.96. The zero-order valence-corrected chi connectivity index (χ0v) is 41.0. The number of hydrogen-bond acceptors (Lipinski definition) is 10. The van der Waals surface area contributed by atoms with Gasteiger partial charge in [0.05, 0.1) is 0 Å². The summed E-state index contributed by atoms with van der Waals surface area (Å²) >= 11 is 3.84. The van der Waals surface area contributed by atoms with E-state index in [4.69, 9.17) is 25.8 Å². The number of nitrogens with zero attached hydrogens (tertiary/aromatic N) is 1. The highest BCUT2D eigenvalue weighted by Crippen LogP contribution is 2.29. The zero-order chi connectivity index (χ0) is 44.0. The van der Waals surface area contributed by atoms with Crippen LogP contribution in [0.15, 0.2) is 5.10 Å². The number of hydrogen-bond donors (Lipinski definition) is 2. The largest absolute Gasteiger partial charge is 0.462 e. The summed E-state index contributed by atoms with van der Waals surface area (Å²) in [6.07, 6.45) is 37.2. The van der Waals surface area contributed by atoms with Gasteiger partial charge in [0.1, 0.15) is 24.1 Å². The molecule has 0 aromatic carbocycles. The normalized spacial score (nSPS) is 16.9. The van der Waals surface area contributed by atoms with Gasteiger partial charge in [0.25, 0.3) is 0 Å². The molecule has 356 valence electrons. The average Bonchev–Trinajstić information content (AvgIpc) is 3.27. The first-order chi connectivity index (χ1) is 29.8. The zero-order valence-electron chi connectivity index (χ0n) is 39.3. The molecule has 2 atom stereocenters. The van der Waals surface area contributed by atoms with Crippen LogP contribution in [0, 0.1) is 11.8 Å². The van der Waals surface area contributed by atoms with Crippen molar-refractivity contribution < 1.29 is 28.6 Å². The Hall–Kier alpha value is -1.62. The number of esters is 3. The number of carbonyl (C=O) groups is 3. The molecular formula is C50H93N3O6S2. The molecule has 0 saturated heterocycles. The van der Waals surface area contributed by atoms with Gasteiger partial charge >= 0.3 is 17.9 Å². The lowest BCUT2D eigenvalue weighted by Gasteiger charge is -2.22. The van der Waals surface area contributed by atoms with Gasteiger partial charge in [0.15, 0.2) is 0 Å². The van der Waals surface area contributed by atoms with Crippen molar-refractivity contribution in [1.82, 2.24) is 0 Å². The van der Waals surface area contributed by atoms with Crippen LogP contribution in [0.2, 0.25) is 0 Å². The molecule has 0 heterocycles. The van der Waals surface area contributed by atoms with Crippen molar-refractivity contribution >= 4 is 47.3 Å². The Bertz CT molecular complexity index is 1050. The van der Waals surface area contributed by atoms with Gasteiger partial charge in [0, 0.05) is 37.2 Å². The van der Waals surface area contributed by atoms with E-state index in [0.29, 0.717) is 49.8 Å². The van der Waals surface area contributed by atoms with Gasteiger partial charge in [-0.15, -0.1) is 0 Å². The predicted octanol–water partition coefficient (Wildman–Crippen LogP) is 13.4. The lowest BCUT2D eigenvalue weighted by Crippen LogP contribution is -2.22. The second kappa shape index (κ2) is 38.8. The molecule has 11 heteroatoms. The fraction of sp³-hybridized carbons (Fsp3) is 0.920. The molecule has 2 rings (SSSR count). The molecule has 0 aliphatic heterocycles. The van der Waals surface area contributed by atoms with Gasteiger partial charge in [-0.1, -0.05) is 129 Å². The summed E-state index contributed by atoms with van der Waals surface area (Å²) in [6, 6.07) is 0. The Morgan fingerprint density at radius 3 is 1.33 bits per heavy atom. The number of hydrazone groups is 1. The summed E-state index contributed by atoms with van der Waals surface area (Å²) in [7, 11) is 0. The van der Waals surface area contributed by atoms with E-state index in [1.807, 2.05) is 23.5 Å². The smallest absolute Gasteiger partial charge is 0.306 e. The third kappa shape index (κ3) is 31.8. The van der Waals surface area contributed by atoms with E-state index in [1.165, 1.54) is 103 Å². The van der Waals surface area contributed by atoms with E-state index in [1.54, 1.807) is 0 Å². The Kier molecular flexibility index (Phi) is 35.3. The number of rotatable bonds is 39. The predicted molar refractivity (Wildman–Crippen MR) is 260 cm³/mol. The van der Waals surface area contributed by atoms with Crippen LogP contribution in [-0.2, 0) is 28.6 Å². The molecule has 2 saturated carbocycles. The molecule has 2 aliphatic rings. The monoisotopic (exact) mass is 896 g/mol. The molecular weight excluding hydrogens is 803 g/mol. The Balaban J connectivity index is 1.73. The van der Waals surface area contributed by atoms with Crippen molar-refractivity contribution in [3.05, 3.63) is 0 Å². The van der Waals surface area contributed by atoms with E-state index in [0.717, 1.165) is 113 Å². The van der Waals surface area contributed by atoms with Crippen molar-refractivity contribution in [2.24, 2.45) is 28.5 Å². The molecule has 2 fully saturated rings. The Labute approximate surface area is 382 Å². The molecule has 2 unspecified atom stereocenters. The molecule has 9 nitrogen and oxygen atoms in total. The molecule has 61 heavy (non-hydrogen) atoms. The van der Waals surface area contributed by atoms with Crippen molar-refractivity contribution in [3.8, 4) is 0 Å². The van der Waals surface area contributed by atoms with Gasteiger partial charge in [-0.05, 0) is 107 Å². The summed E-state index contributed by atoms with van der Waals surface area (Å²) < 4.78 is 18.1. The first-order valence-corrected chi connectivity index (χ1v) is 27.9. The van der Waals surface area contributed by atoms with E-state index in [2.05, 4.69) is 18.9 Å². The molecule has 0 amide bonds. The molecule has 4 N–H and O–H groups in total. The van der Waals surface area contributed by atoms with E-state index >= 15 is 0 Å². The van der Waals surface area contributed by atoms with E-state index in [9.17, 15) is 14.4 Å². The Morgan fingerprint density at radius 1 is 0.508 bits per heavy atom. The second-order valence-corrected chi connectivity index (χ2v) is 20.7. The van der Waals surface area contributed by atoms with Crippen LogP contribution in [0.25, 0.3) is 0 Å². The van der Waals surface area contributed by atoms with Crippen LogP contribution in [0.5, 0.6) is 0 Å². The summed E-state index contributed by atoms with van der Waals surface area (Å²) in [5.41, 5.74) is 5.73. The first kappa shape index (κ1) is 55.5. The lowest BCUT2D eigenvalue weighted by atomic mass is 9.86. The van der Waals surface area contributed by atoms with Gasteiger partial charge in [0.2, 0.25) is 0 Å². The molecule has 0 aromatic heterocycles. The van der Waals surface area contributed by atoms with Gasteiger partial charge in [-0.25, -0.2) is 0 Å². The quantitative estimate of drug-likeness (QED) is 0.0116. The number of carbonyl (C=O) groups excluding carboxylic acids is 3. The van der Waals surface area contributed by atoms with Gasteiger partial charge in [-0.3, -0.25) is 14.4 Å². The highest BCUT2D eigenvalue weighted by atomic mass is 32.2. The Morgan fingerprint density at radius 2 is 0.902 bits per heavy atom. The molecule has 0 aromatic rings. The summed E-state index contributed by atoms with van der Waals surface area (Å²) in [6.45, 7) is 4.47. The van der Waals surface area contributed by atoms with Gasteiger partial charge in [-0.2, -0.15) is 28.6 Å². The number of thioether (sulfide) groups is 2. The maximum absolute atomic E-state index is 12.8. The maximum Gasteiger partial charge on any atom is 0.306 e. The third-order valence-corrected chi connectivity index (χ3v) is 15.2. The first-order valence-electron chi connectivity index (χ1n) is 25.6. The molecule has 0 spiro atoms. The SMILES string of the molecule is CCCCCCC(CSCCCCCC(CCCCCSCC(CCCCCC)OC(=O)CCC1CCCCC1)OC(=O)CCC/C(N)=N/N)OC(=O)CCC1CCCCC1. The number of nitrogens with two attached hydrogens (primary N) is 2. The van der Waals surface area contributed by atoms with Crippen molar-refractivity contribution in [2.75, 3.05) is 23.0 Å². The minimum Gasteiger partial charge on any atom is -0.462 e. The highest BCUT2D eigenvalue weighted by molar-refractivity contribution is 7.99. The summed E-state index contributed by atoms with van der Waals surface area (Å²) in [5.74, 6) is 10.7. The average molecular weight is 896 g/mol. The van der Waals surface area contributed by atoms with Crippen LogP contribution in [0.4, 0.5) is 0 Å². The molecule has 2 aliphatic carbocycles. The second-order valence-electron chi connectivity index (χ2n) is 18.4. The minimum atomic E-state index is -0.169. The maximum atomic E-state index is 12.8. The summed E-state index contributed by atoms with van der Waals surface area (Å²) in [4.78, 5) is 38.4. The van der Waals surface area contributed by atoms with Crippen LogP contribution in [0.1, 0.15) is 239 Å². The third-order valence-electron chi connectivity index (χ3n) is 12.8. The molecule has 0 bridgehead atoms. The fourth-order valence-corrected chi connectivity index (χ4v) is 11.1. The topological polar surface area (TPSA) is 143 Å². The van der Waals surface area contributed by atoms with Crippen molar-refractivity contribution in [2.45, 2.75) is 257 Å². The number of amidine groups is 1. The van der Waals surface area contributed by atoms with Crippen molar-refractivity contribution in [1.29, 1.82) is 0 Å². The van der Waals surface area contributed by atoms with E-state index in [-0.39, 0.29) is 36.2 Å². The van der Waals surface area contributed by atoms with Crippen LogP contribution in [0.3, 0.4) is 0 Å². The van der Waals surface area contributed by atoms with Gasteiger partial charge < -0.3 is 25.8 Å². The van der Waals surface area contributed by atoms with Crippen LogP contribution < -0.4 is 11.6 Å². The standard InChI is InChI=1S/C50H93N3O6S2/c1-3-5-7-17-30-45(58-49(55)36-34-42-24-13-9-14-25-42)40-60-38-21-11-19-28-44(57-48(54)33-23-32-47(51)53-52)29-20-12-22-39-61-41-46(31-18-8-6-4-2)59-50(56)37-35-43-26-15-10-16-27-43/h42-46H,3-41,52H2,1-2H3,(H2,51,53). The van der Waals surface area contributed by atoms with E-state index < -0.39 is 0 Å². The highest BCUT2D eigenvalue weighted by Gasteiger charge is 2.21. The minimum absolute atomic E-state index is 0.00138. The van der Waals surface area contributed by atoms with Crippen LogP contribution in [-0.4, -0.2) is 65.1 Å². The number of ether oxygens (including phenoxy) is 3. The van der Waals surface area contributed by atoms with Crippen molar-refractivity contribution in [3.63, 3.8) is 0 Å². The lowest BCUT2D eigenvalue weighted by molar-refractivity contribution is -0.150.